The summed E-state index contributed by atoms with van der Waals surface area (Å²) >= 11 is 0. The van der Waals surface area contributed by atoms with Crippen LogP contribution in [0.1, 0.15) is 32.6 Å². The molecular formula is C11H23NO2. The lowest BCUT2D eigenvalue weighted by atomic mass is 10.2. The van der Waals surface area contributed by atoms with Gasteiger partial charge < -0.3 is 9.47 Å². The van der Waals surface area contributed by atoms with Gasteiger partial charge in [-0.3, -0.25) is 4.90 Å². The molecule has 0 N–H and O–H groups in total. The molecule has 0 radical (unpaired) electrons. The van der Waals surface area contributed by atoms with Crippen molar-refractivity contribution in [1.29, 1.82) is 0 Å². The number of hydrogen-bond donors (Lipinski definition) is 0. The Bertz CT molecular complexity index is 142. The van der Waals surface area contributed by atoms with Crippen molar-refractivity contribution in [2.24, 2.45) is 0 Å². The Kier molecular flexibility index (Phi) is 5.45. The van der Waals surface area contributed by atoms with Crippen molar-refractivity contribution in [2.75, 3.05) is 27.3 Å². The fourth-order valence-corrected chi connectivity index (χ4v) is 2.24. The zero-order chi connectivity index (χ0) is 10.4. The summed E-state index contributed by atoms with van der Waals surface area (Å²) < 4.78 is 10.5. The van der Waals surface area contributed by atoms with Crippen molar-refractivity contribution in [2.45, 2.75) is 44.9 Å². The molecule has 1 fully saturated rings. The van der Waals surface area contributed by atoms with Crippen molar-refractivity contribution in [1.82, 2.24) is 4.90 Å². The second-order valence-electron chi connectivity index (χ2n) is 3.93. The highest BCUT2D eigenvalue weighted by Crippen LogP contribution is 2.23. The Morgan fingerprint density at radius 3 is 2.21 bits per heavy atom. The van der Waals surface area contributed by atoms with Crippen LogP contribution in [0.5, 0.6) is 0 Å². The Morgan fingerprint density at radius 1 is 1.21 bits per heavy atom. The minimum Gasteiger partial charge on any atom is -0.355 e. The molecule has 0 saturated heterocycles. The van der Waals surface area contributed by atoms with Gasteiger partial charge in [-0.25, -0.2) is 0 Å². The van der Waals surface area contributed by atoms with E-state index in [0.29, 0.717) is 0 Å². The zero-order valence-corrected chi connectivity index (χ0v) is 9.66. The first-order chi connectivity index (χ1) is 6.81. The van der Waals surface area contributed by atoms with Crippen LogP contribution in [-0.2, 0) is 9.47 Å². The van der Waals surface area contributed by atoms with E-state index in [9.17, 15) is 0 Å². The summed E-state index contributed by atoms with van der Waals surface area (Å²) in [4.78, 5) is 2.48. The maximum absolute atomic E-state index is 5.23. The lowest BCUT2D eigenvalue weighted by Gasteiger charge is -2.30. The molecule has 0 aromatic carbocycles. The molecule has 0 amide bonds. The summed E-state index contributed by atoms with van der Waals surface area (Å²) in [5.74, 6) is 0. The van der Waals surface area contributed by atoms with Crippen LogP contribution in [-0.4, -0.2) is 44.5 Å². The van der Waals surface area contributed by atoms with E-state index in [1.54, 1.807) is 14.2 Å². The Morgan fingerprint density at radius 2 is 1.79 bits per heavy atom. The summed E-state index contributed by atoms with van der Waals surface area (Å²) in [5.41, 5.74) is 0. The van der Waals surface area contributed by atoms with E-state index in [0.717, 1.165) is 19.1 Å². The molecule has 1 aliphatic rings. The SMILES string of the molecule is CCN(CC(OC)OC)C1CCCC1. The average molecular weight is 201 g/mol. The molecule has 14 heavy (non-hydrogen) atoms. The van der Waals surface area contributed by atoms with Crippen molar-refractivity contribution >= 4 is 0 Å². The average Bonchev–Trinajstić information content (AvgIpc) is 2.73. The van der Waals surface area contributed by atoms with Gasteiger partial charge in [0, 0.05) is 26.8 Å². The number of nitrogens with zero attached hydrogens (tertiary/aromatic N) is 1. The van der Waals surface area contributed by atoms with E-state index < -0.39 is 0 Å². The van der Waals surface area contributed by atoms with E-state index in [-0.39, 0.29) is 6.29 Å². The molecule has 0 aromatic heterocycles. The third-order valence-corrected chi connectivity index (χ3v) is 3.16. The molecule has 0 aromatic rings. The molecule has 0 bridgehead atoms. The van der Waals surface area contributed by atoms with Crippen molar-refractivity contribution in [3.05, 3.63) is 0 Å². The summed E-state index contributed by atoms with van der Waals surface area (Å²) in [5, 5.41) is 0. The summed E-state index contributed by atoms with van der Waals surface area (Å²) in [7, 11) is 3.41. The maximum atomic E-state index is 5.23. The molecular weight excluding hydrogens is 178 g/mol. The molecule has 1 saturated carbocycles. The minimum absolute atomic E-state index is 0.0736. The summed E-state index contributed by atoms with van der Waals surface area (Å²) in [6.45, 7) is 4.20. The summed E-state index contributed by atoms with van der Waals surface area (Å²) in [6, 6.07) is 0.757. The molecule has 1 aliphatic carbocycles. The molecule has 1 rings (SSSR count). The summed E-state index contributed by atoms with van der Waals surface area (Å²) in [6.07, 6.45) is 5.37. The van der Waals surface area contributed by atoms with Crippen LogP contribution in [0.4, 0.5) is 0 Å². The molecule has 0 unspecified atom stereocenters. The van der Waals surface area contributed by atoms with Crippen molar-refractivity contribution < 1.29 is 9.47 Å². The zero-order valence-electron chi connectivity index (χ0n) is 9.66. The number of hydrogen-bond acceptors (Lipinski definition) is 3. The quantitative estimate of drug-likeness (QED) is 0.612. The van der Waals surface area contributed by atoms with Crippen LogP contribution in [0.25, 0.3) is 0 Å². The molecule has 0 heterocycles. The predicted octanol–water partition coefficient (Wildman–Crippen LogP) is 1.87. The second kappa shape index (κ2) is 6.38. The number of methoxy groups -OCH3 is 2. The maximum Gasteiger partial charge on any atom is 0.169 e. The Labute approximate surface area is 87.4 Å². The third kappa shape index (κ3) is 3.23. The number of likely N-dealkylation sites (N-methyl/N-ethyl adjacent to an activating group) is 1. The van der Waals surface area contributed by atoms with Gasteiger partial charge in [-0.15, -0.1) is 0 Å². The van der Waals surface area contributed by atoms with Crippen LogP contribution in [0.15, 0.2) is 0 Å². The van der Waals surface area contributed by atoms with Gasteiger partial charge in [0.05, 0.1) is 0 Å². The fraction of sp³-hybridized carbons (Fsp3) is 1.00. The topological polar surface area (TPSA) is 21.7 Å². The van der Waals surface area contributed by atoms with Crippen LogP contribution in [0.3, 0.4) is 0 Å². The van der Waals surface area contributed by atoms with E-state index in [4.69, 9.17) is 9.47 Å². The van der Waals surface area contributed by atoms with Crippen molar-refractivity contribution in [3.63, 3.8) is 0 Å². The molecule has 84 valence electrons. The molecule has 0 spiro atoms. The van der Waals surface area contributed by atoms with Gasteiger partial charge in [-0.2, -0.15) is 0 Å². The first-order valence-electron chi connectivity index (χ1n) is 5.61. The monoisotopic (exact) mass is 201 g/mol. The van der Waals surface area contributed by atoms with Crippen LogP contribution in [0, 0.1) is 0 Å². The first kappa shape index (κ1) is 12.0. The third-order valence-electron chi connectivity index (χ3n) is 3.16. The lowest BCUT2D eigenvalue weighted by molar-refractivity contribution is -0.119. The van der Waals surface area contributed by atoms with Crippen molar-refractivity contribution in [3.8, 4) is 0 Å². The van der Waals surface area contributed by atoms with E-state index in [1.165, 1.54) is 25.7 Å². The van der Waals surface area contributed by atoms with E-state index in [2.05, 4.69) is 11.8 Å². The molecule has 0 atom stereocenters. The molecule has 3 nitrogen and oxygen atoms in total. The van der Waals surface area contributed by atoms with Gasteiger partial charge in [0.2, 0.25) is 0 Å². The predicted molar refractivity (Wildman–Crippen MR) is 57.3 cm³/mol. The number of ether oxygens (including phenoxy) is 2. The first-order valence-corrected chi connectivity index (χ1v) is 5.61. The van der Waals surface area contributed by atoms with Gasteiger partial charge in [0.15, 0.2) is 6.29 Å². The van der Waals surface area contributed by atoms with Crippen LogP contribution < -0.4 is 0 Å². The normalized spacial score (nSPS) is 18.6. The van der Waals surface area contributed by atoms with E-state index >= 15 is 0 Å². The minimum atomic E-state index is -0.0736. The smallest absolute Gasteiger partial charge is 0.169 e. The fourth-order valence-electron chi connectivity index (χ4n) is 2.24. The Hall–Kier alpha value is -0.120. The number of rotatable bonds is 6. The highest BCUT2D eigenvalue weighted by atomic mass is 16.7. The lowest BCUT2D eigenvalue weighted by Crippen LogP contribution is -2.40. The second-order valence-corrected chi connectivity index (χ2v) is 3.93. The molecule has 0 aliphatic heterocycles. The highest BCUT2D eigenvalue weighted by molar-refractivity contribution is 4.77. The van der Waals surface area contributed by atoms with Crippen LogP contribution >= 0.6 is 0 Å². The van der Waals surface area contributed by atoms with Crippen LogP contribution in [0.2, 0.25) is 0 Å². The van der Waals surface area contributed by atoms with E-state index in [1.807, 2.05) is 0 Å². The molecule has 3 heteroatoms. The van der Waals surface area contributed by atoms with Gasteiger partial charge in [-0.05, 0) is 19.4 Å². The van der Waals surface area contributed by atoms with Gasteiger partial charge in [0.25, 0.3) is 0 Å². The van der Waals surface area contributed by atoms with Gasteiger partial charge in [0.1, 0.15) is 0 Å². The highest BCUT2D eigenvalue weighted by Gasteiger charge is 2.23. The largest absolute Gasteiger partial charge is 0.355 e. The van der Waals surface area contributed by atoms with Gasteiger partial charge in [-0.1, -0.05) is 19.8 Å². The van der Waals surface area contributed by atoms with Gasteiger partial charge >= 0.3 is 0 Å². The standard InChI is InChI=1S/C11H23NO2/c1-4-12(9-11(13-2)14-3)10-7-5-6-8-10/h10-11H,4-9H2,1-3H3. The Balaban J connectivity index is 2.36.